The van der Waals surface area contributed by atoms with Crippen molar-refractivity contribution in [3.8, 4) is 0 Å². The van der Waals surface area contributed by atoms with Crippen LogP contribution in [-0.2, 0) is 12.8 Å². The van der Waals surface area contributed by atoms with Crippen molar-refractivity contribution < 1.29 is 0 Å². The number of aryl methyl sites for hydroxylation is 2. The fraction of sp³-hybridized carbons (Fsp3) is 0.667. The largest absolute Gasteiger partial charge is 0.102 e. The van der Waals surface area contributed by atoms with Gasteiger partial charge in [-0.3, -0.25) is 0 Å². The fourth-order valence-corrected chi connectivity index (χ4v) is 8.06. The Hall–Kier alpha value is 0.640. The molecule has 0 spiro atoms. The second-order valence-electron chi connectivity index (χ2n) is 1.94. The average Bonchev–Trinajstić information content (AvgIpc) is 2.33. The summed E-state index contributed by atoms with van der Waals surface area (Å²) in [5.74, 6) is 0. The molecule has 0 aromatic carbocycles. The van der Waals surface area contributed by atoms with Gasteiger partial charge in [0.15, 0.2) is 0 Å². The van der Waals surface area contributed by atoms with Crippen molar-refractivity contribution in [1.29, 1.82) is 0 Å². The van der Waals surface area contributed by atoms with Crippen LogP contribution >= 0.6 is 23.3 Å². The summed E-state index contributed by atoms with van der Waals surface area (Å²) < 4.78 is 0. The third-order valence-corrected chi connectivity index (χ3v) is 7.49. The average molecular weight is 176 g/mol. The Morgan fingerprint density at radius 1 is 1.33 bits per heavy atom. The monoisotopic (exact) mass is 176 g/mol. The van der Waals surface area contributed by atoms with Gasteiger partial charge in [0.2, 0.25) is 0 Å². The number of hydrogen-bond acceptors (Lipinski definition) is 0. The van der Waals surface area contributed by atoms with Gasteiger partial charge in [0.1, 0.15) is 0 Å². The molecule has 3 heteroatoms. The predicted molar refractivity (Wildman–Crippen MR) is 49.7 cm³/mol. The maximum absolute atomic E-state index is 2.27. The van der Waals surface area contributed by atoms with Gasteiger partial charge in [-0.25, -0.2) is 0 Å². The zero-order chi connectivity index (χ0) is 6.69. The summed E-state index contributed by atoms with van der Waals surface area (Å²) in [5, 5.41) is 3.47. The highest BCUT2D eigenvalue weighted by Crippen LogP contribution is 2.42. The van der Waals surface area contributed by atoms with Gasteiger partial charge in [0.25, 0.3) is 0 Å². The van der Waals surface area contributed by atoms with Crippen LogP contribution in [0.25, 0.3) is 0 Å². The molecular formula is C6H11P3. The van der Waals surface area contributed by atoms with E-state index in [9.17, 15) is 0 Å². The van der Waals surface area contributed by atoms with Crippen molar-refractivity contribution in [3.05, 3.63) is 10.6 Å². The molecule has 0 aliphatic carbocycles. The third kappa shape index (κ3) is 1.78. The van der Waals surface area contributed by atoms with E-state index in [2.05, 4.69) is 13.8 Å². The van der Waals surface area contributed by atoms with Gasteiger partial charge in [-0.1, -0.05) is 13.8 Å². The molecule has 0 radical (unpaired) electrons. The normalized spacial score (nSPS) is 12.7. The van der Waals surface area contributed by atoms with Gasteiger partial charge in [-0.05, 0) is 38.8 Å². The quantitative estimate of drug-likeness (QED) is 0.638. The lowest BCUT2D eigenvalue weighted by Crippen LogP contribution is -1.77. The van der Waals surface area contributed by atoms with Crippen molar-refractivity contribution in [3.63, 3.8) is 0 Å². The highest BCUT2D eigenvalue weighted by atomic mass is 32.1. The molecule has 0 bridgehead atoms. The van der Waals surface area contributed by atoms with Crippen LogP contribution < -0.4 is 0 Å². The van der Waals surface area contributed by atoms with Gasteiger partial charge in [-0.15, -0.1) is 7.87 Å². The van der Waals surface area contributed by atoms with E-state index >= 15 is 0 Å². The van der Waals surface area contributed by atoms with Gasteiger partial charge in [0.05, 0.1) is 0 Å². The molecular weight excluding hydrogens is 165 g/mol. The van der Waals surface area contributed by atoms with Gasteiger partial charge in [0, 0.05) is 0 Å². The molecule has 1 aromatic heterocycles. The smallest absolute Gasteiger partial charge is 0.00883 e. The topological polar surface area (TPSA) is 0 Å². The molecule has 0 saturated heterocycles. The lowest BCUT2D eigenvalue weighted by molar-refractivity contribution is 1.10. The van der Waals surface area contributed by atoms with E-state index in [0.29, 0.717) is 0 Å². The summed E-state index contributed by atoms with van der Waals surface area (Å²) in [6.07, 6.45) is 2.58. The van der Waals surface area contributed by atoms with E-state index < -0.39 is 0 Å². The Morgan fingerprint density at radius 2 is 2.11 bits per heavy atom. The minimum Gasteiger partial charge on any atom is -0.102 e. The predicted octanol–water partition coefficient (Wildman–Crippen LogP) is 4.00. The summed E-state index contributed by atoms with van der Waals surface area (Å²) in [6.45, 7) is 4.54. The molecule has 0 nitrogen and oxygen atoms in total. The highest BCUT2D eigenvalue weighted by molar-refractivity contribution is 8.17. The molecule has 1 rings (SSSR count). The molecule has 1 atom stereocenters. The Kier molecular flexibility index (Phi) is 3.20. The summed E-state index contributed by atoms with van der Waals surface area (Å²) in [7, 11) is 4.36. The summed E-state index contributed by atoms with van der Waals surface area (Å²) in [4.78, 5) is 0. The maximum atomic E-state index is 2.27. The Bertz CT molecular complexity index is 162. The van der Waals surface area contributed by atoms with Gasteiger partial charge in [-0.2, -0.15) is 0 Å². The molecule has 9 heavy (non-hydrogen) atoms. The van der Waals surface area contributed by atoms with Crippen LogP contribution in [0.15, 0.2) is 0 Å². The molecule has 0 fully saturated rings. The first-order valence-electron chi connectivity index (χ1n) is 3.27. The second kappa shape index (κ2) is 3.72. The Balaban J connectivity index is 2.85. The van der Waals surface area contributed by atoms with Crippen LogP contribution in [0.1, 0.15) is 24.4 Å². The number of rotatable bonds is 2. The minimum absolute atomic E-state index is 1.13. The van der Waals surface area contributed by atoms with E-state index in [1.165, 1.54) is 12.8 Å². The first-order chi connectivity index (χ1) is 4.38. The summed E-state index contributed by atoms with van der Waals surface area (Å²) in [6, 6.07) is 0. The lowest BCUT2D eigenvalue weighted by atomic mass is 10.3. The van der Waals surface area contributed by atoms with E-state index in [1.54, 1.807) is 26.0 Å². The zero-order valence-electron chi connectivity index (χ0n) is 5.81. The first-order valence-corrected chi connectivity index (χ1v) is 7.60. The lowest BCUT2D eigenvalue weighted by Gasteiger charge is -1.92. The van der Waals surface area contributed by atoms with Crippen molar-refractivity contribution in [1.82, 2.24) is 0 Å². The van der Waals surface area contributed by atoms with E-state index in [4.69, 9.17) is 0 Å². The Morgan fingerprint density at radius 3 is 2.56 bits per heavy atom. The van der Waals surface area contributed by atoms with E-state index in [1.807, 2.05) is 0 Å². The van der Waals surface area contributed by atoms with Crippen LogP contribution in [-0.4, -0.2) is 0 Å². The van der Waals surface area contributed by atoms with Crippen molar-refractivity contribution >= 4 is 23.3 Å². The van der Waals surface area contributed by atoms with Crippen LogP contribution in [0.5, 0.6) is 0 Å². The van der Waals surface area contributed by atoms with Crippen molar-refractivity contribution in [2.75, 3.05) is 0 Å². The van der Waals surface area contributed by atoms with Crippen molar-refractivity contribution in [2.24, 2.45) is 0 Å². The highest BCUT2D eigenvalue weighted by Gasteiger charge is 1.97. The Labute approximate surface area is 61.2 Å². The van der Waals surface area contributed by atoms with Gasteiger partial charge >= 0.3 is 0 Å². The van der Waals surface area contributed by atoms with Crippen molar-refractivity contribution in [2.45, 2.75) is 26.7 Å². The first kappa shape index (κ1) is 7.74. The van der Waals surface area contributed by atoms with Crippen LogP contribution in [0.4, 0.5) is 0 Å². The third-order valence-electron chi connectivity index (χ3n) is 1.39. The molecule has 1 heterocycles. The summed E-state index contributed by atoms with van der Waals surface area (Å²) in [5.41, 5.74) is 0. The fourth-order valence-electron chi connectivity index (χ4n) is 0.838. The molecule has 0 amide bonds. The van der Waals surface area contributed by atoms with E-state index in [0.717, 1.165) is 7.87 Å². The van der Waals surface area contributed by atoms with Crippen LogP contribution in [0.2, 0.25) is 0 Å². The molecule has 1 aromatic rings. The standard InChI is InChI=1S/C6H11P3/c1-3-5-6(4-2)8-9-7-5/h7H,3-4H2,1-2H3. The molecule has 0 aliphatic heterocycles. The van der Waals surface area contributed by atoms with E-state index in [-0.39, 0.29) is 0 Å². The number of hydrogen-bond donors (Lipinski definition) is 0. The van der Waals surface area contributed by atoms with Crippen LogP contribution in [0, 0.1) is 0 Å². The molecule has 0 saturated carbocycles. The summed E-state index contributed by atoms with van der Waals surface area (Å²) >= 11 is 0. The zero-order valence-corrected chi connectivity index (χ0v) is 8.60. The molecule has 0 aliphatic rings. The van der Waals surface area contributed by atoms with Gasteiger partial charge < -0.3 is 0 Å². The second-order valence-corrected chi connectivity index (χ2v) is 7.38. The minimum atomic E-state index is 1.13. The molecule has 50 valence electrons. The molecule has 0 N–H and O–H groups in total. The molecule has 1 unspecified atom stereocenters. The maximum Gasteiger partial charge on any atom is -0.00883 e. The SMILES string of the molecule is CCc1pp[pH]c1CC. The van der Waals surface area contributed by atoms with Crippen LogP contribution in [0.3, 0.4) is 0 Å².